The summed E-state index contributed by atoms with van der Waals surface area (Å²) in [4.78, 5) is 0. The van der Waals surface area contributed by atoms with Gasteiger partial charge in [0.05, 0.1) is 0 Å². The van der Waals surface area contributed by atoms with Gasteiger partial charge in [0.15, 0.2) is 0 Å². The molecule has 0 saturated carbocycles. The fourth-order valence-electron chi connectivity index (χ4n) is 1.14. The van der Waals surface area contributed by atoms with Gasteiger partial charge in [-0.3, -0.25) is 0 Å². The molecule has 0 spiro atoms. The van der Waals surface area contributed by atoms with Crippen molar-refractivity contribution >= 4 is 11.8 Å². The molecule has 1 atom stereocenters. The lowest BCUT2D eigenvalue weighted by molar-refractivity contribution is 0.548. The molecule has 0 heterocycles. The van der Waals surface area contributed by atoms with Gasteiger partial charge in [0.25, 0.3) is 0 Å². The molecule has 0 amide bonds. The summed E-state index contributed by atoms with van der Waals surface area (Å²) < 4.78 is 0. The molecule has 0 radical (unpaired) electrons. The molecule has 1 nitrogen and oxygen atoms in total. The molecular formula is C10H23NS. The normalized spacial score (nSPS) is 13.2. The maximum absolute atomic E-state index is 5.81. The van der Waals surface area contributed by atoms with Gasteiger partial charge in [0.2, 0.25) is 0 Å². The average Bonchev–Trinajstić information content (AvgIpc) is 2.10. The molecule has 74 valence electrons. The molecule has 0 aromatic heterocycles. The summed E-state index contributed by atoms with van der Waals surface area (Å²) in [6.45, 7) is 4.38. The summed E-state index contributed by atoms with van der Waals surface area (Å²) in [7, 11) is 0. The van der Waals surface area contributed by atoms with Crippen molar-refractivity contribution in [3.63, 3.8) is 0 Å². The van der Waals surface area contributed by atoms with Crippen molar-refractivity contribution in [3.05, 3.63) is 0 Å². The predicted octanol–water partition coefficient (Wildman–Crippen LogP) is 3.04. The van der Waals surface area contributed by atoms with Gasteiger partial charge in [0.1, 0.15) is 0 Å². The first-order chi connectivity index (χ1) is 5.81. The van der Waals surface area contributed by atoms with E-state index in [1.807, 2.05) is 11.8 Å². The van der Waals surface area contributed by atoms with Crippen molar-refractivity contribution in [1.29, 1.82) is 0 Å². The first-order valence-corrected chi connectivity index (χ1v) is 6.30. The summed E-state index contributed by atoms with van der Waals surface area (Å²) in [6, 6.07) is 0.448. The Morgan fingerprint density at radius 2 is 1.92 bits per heavy atom. The zero-order chi connectivity index (χ0) is 9.23. The van der Waals surface area contributed by atoms with E-state index in [9.17, 15) is 0 Å². The van der Waals surface area contributed by atoms with Crippen LogP contribution in [0, 0.1) is 0 Å². The van der Waals surface area contributed by atoms with Crippen LogP contribution in [-0.2, 0) is 0 Å². The lowest BCUT2D eigenvalue weighted by atomic mass is 10.1. The lowest BCUT2D eigenvalue weighted by Gasteiger charge is -2.07. The van der Waals surface area contributed by atoms with Gasteiger partial charge >= 0.3 is 0 Å². The van der Waals surface area contributed by atoms with Gasteiger partial charge in [-0.1, -0.05) is 26.7 Å². The van der Waals surface area contributed by atoms with Gasteiger partial charge < -0.3 is 5.73 Å². The average molecular weight is 189 g/mol. The van der Waals surface area contributed by atoms with Crippen LogP contribution in [0.5, 0.6) is 0 Å². The van der Waals surface area contributed by atoms with Gasteiger partial charge in [-0.05, 0) is 30.8 Å². The summed E-state index contributed by atoms with van der Waals surface area (Å²) in [6.07, 6.45) is 6.39. The van der Waals surface area contributed by atoms with E-state index in [0.717, 1.165) is 6.42 Å². The van der Waals surface area contributed by atoms with Gasteiger partial charge in [-0.25, -0.2) is 0 Å². The highest BCUT2D eigenvalue weighted by molar-refractivity contribution is 7.99. The number of thioether (sulfide) groups is 1. The van der Waals surface area contributed by atoms with E-state index in [1.165, 1.54) is 37.2 Å². The van der Waals surface area contributed by atoms with Gasteiger partial charge in [0, 0.05) is 6.04 Å². The Kier molecular flexibility index (Phi) is 9.64. The highest BCUT2D eigenvalue weighted by atomic mass is 32.2. The van der Waals surface area contributed by atoms with Crippen LogP contribution >= 0.6 is 11.8 Å². The Hall–Kier alpha value is 0.310. The van der Waals surface area contributed by atoms with Crippen LogP contribution < -0.4 is 5.73 Å². The summed E-state index contributed by atoms with van der Waals surface area (Å²) >= 11 is 2.04. The van der Waals surface area contributed by atoms with Crippen LogP contribution in [0.4, 0.5) is 0 Å². The number of hydrogen-bond donors (Lipinski definition) is 1. The van der Waals surface area contributed by atoms with E-state index in [0.29, 0.717) is 6.04 Å². The van der Waals surface area contributed by atoms with E-state index >= 15 is 0 Å². The van der Waals surface area contributed by atoms with Crippen LogP contribution in [0.1, 0.15) is 46.0 Å². The summed E-state index contributed by atoms with van der Waals surface area (Å²) in [5.41, 5.74) is 5.81. The molecule has 2 N–H and O–H groups in total. The molecule has 1 unspecified atom stereocenters. The molecule has 2 heteroatoms. The zero-order valence-electron chi connectivity index (χ0n) is 8.51. The van der Waals surface area contributed by atoms with Gasteiger partial charge in [-0.2, -0.15) is 11.8 Å². The van der Waals surface area contributed by atoms with Gasteiger partial charge in [-0.15, -0.1) is 0 Å². The number of hydrogen-bond acceptors (Lipinski definition) is 2. The minimum Gasteiger partial charge on any atom is -0.328 e. The smallest absolute Gasteiger partial charge is 0.00362 e. The second-order valence-corrected chi connectivity index (χ2v) is 4.61. The van der Waals surface area contributed by atoms with E-state index in [2.05, 4.69) is 13.8 Å². The van der Waals surface area contributed by atoms with Crippen LogP contribution in [0.15, 0.2) is 0 Å². The first kappa shape index (κ1) is 12.3. The Balaban J connectivity index is 2.90. The fourth-order valence-corrected chi connectivity index (χ4v) is 1.83. The minimum absolute atomic E-state index is 0.448. The third kappa shape index (κ3) is 8.41. The molecule has 0 aliphatic heterocycles. The topological polar surface area (TPSA) is 26.0 Å². The molecular weight excluding hydrogens is 166 g/mol. The zero-order valence-corrected chi connectivity index (χ0v) is 9.33. The molecule has 0 aromatic rings. The van der Waals surface area contributed by atoms with Crippen LogP contribution in [0.25, 0.3) is 0 Å². The quantitative estimate of drug-likeness (QED) is 0.594. The van der Waals surface area contributed by atoms with Crippen molar-refractivity contribution in [1.82, 2.24) is 0 Å². The van der Waals surface area contributed by atoms with E-state index in [1.54, 1.807) is 0 Å². The van der Waals surface area contributed by atoms with E-state index < -0.39 is 0 Å². The van der Waals surface area contributed by atoms with Crippen molar-refractivity contribution in [3.8, 4) is 0 Å². The maximum Gasteiger partial charge on any atom is 0.00362 e. The second-order valence-electron chi connectivity index (χ2n) is 3.21. The summed E-state index contributed by atoms with van der Waals surface area (Å²) in [5, 5.41) is 0. The Bertz CT molecular complexity index is 85.9. The highest BCUT2D eigenvalue weighted by Gasteiger charge is 1.97. The second kappa shape index (κ2) is 9.40. The maximum atomic E-state index is 5.81. The lowest BCUT2D eigenvalue weighted by Crippen LogP contribution is -2.17. The number of rotatable bonds is 8. The van der Waals surface area contributed by atoms with Crippen molar-refractivity contribution in [2.24, 2.45) is 5.73 Å². The molecule has 0 saturated heterocycles. The monoisotopic (exact) mass is 189 g/mol. The SMILES string of the molecule is CCSCCCCCC(N)CC. The molecule has 12 heavy (non-hydrogen) atoms. The highest BCUT2D eigenvalue weighted by Crippen LogP contribution is 2.08. The summed E-state index contributed by atoms with van der Waals surface area (Å²) in [5.74, 6) is 2.59. The number of nitrogens with two attached hydrogens (primary N) is 1. The standard InChI is InChI=1S/C10H23NS/c1-3-10(11)8-6-5-7-9-12-4-2/h10H,3-9,11H2,1-2H3. The van der Waals surface area contributed by atoms with Crippen molar-refractivity contribution in [2.45, 2.75) is 52.0 Å². The Morgan fingerprint density at radius 1 is 1.17 bits per heavy atom. The third-order valence-corrected chi connectivity index (χ3v) is 3.08. The van der Waals surface area contributed by atoms with Crippen molar-refractivity contribution in [2.75, 3.05) is 11.5 Å². The van der Waals surface area contributed by atoms with E-state index in [4.69, 9.17) is 5.73 Å². The minimum atomic E-state index is 0.448. The van der Waals surface area contributed by atoms with Crippen LogP contribution in [-0.4, -0.2) is 17.5 Å². The number of unbranched alkanes of at least 4 members (excludes halogenated alkanes) is 2. The first-order valence-electron chi connectivity index (χ1n) is 5.14. The fraction of sp³-hybridized carbons (Fsp3) is 1.00. The molecule has 0 bridgehead atoms. The molecule has 0 fully saturated rings. The molecule has 0 aromatic carbocycles. The predicted molar refractivity (Wildman–Crippen MR) is 59.7 cm³/mol. The Morgan fingerprint density at radius 3 is 2.50 bits per heavy atom. The van der Waals surface area contributed by atoms with Crippen LogP contribution in [0.2, 0.25) is 0 Å². The molecule has 0 aliphatic rings. The van der Waals surface area contributed by atoms with Crippen LogP contribution in [0.3, 0.4) is 0 Å². The molecule has 0 rings (SSSR count). The Labute approximate surface area is 81.5 Å². The van der Waals surface area contributed by atoms with Crippen molar-refractivity contribution < 1.29 is 0 Å². The largest absolute Gasteiger partial charge is 0.328 e. The third-order valence-electron chi connectivity index (χ3n) is 2.09. The van der Waals surface area contributed by atoms with E-state index in [-0.39, 0.29) is 0 Å². The molecule has 0 aliphatic carbocycles.